The fraction of sp³-hybridized carbons (Fsp3) is 0.458. The quantitative estimate of drug-likeness (QED) is 0.719. The molecule has 1 aliphatic rings. The molecular formula is C24H30ClNO4. The van der Waals surface area contributed by atoms with E-state index in [9.17, 15) is 9.90 Å². The van der Waals surface area contributed by atoms with Crippen LogP contribution in [0.15, 0.2) is 42.5 Å². The van der Waals surface area contributed by atoms with Crippen molar-refractivity contribution >= 4 is 17.7 Å². The van der Waals surface area contributed by atoms with Crippen molar-refractivity contribution in [3.05, 3.63) is 58.6 Å². The summed E-state index contributed by atoms with van der Waals surface area (Å²) in [7, 11) is 0. The lowest BCUT2D eigenvalue weighted by atomic mass is 9.92. The normalized spacial score (nSPS) is 18.2. The highest BCUT2D eigenvalue weighted by Gasteiger charge is 2.33. The van der Waals surface area contributed by atoms with Crippen LogP contribution in [0.25, 0.3) is 11.1 Å². The highest BCUT2D eigenvalue weighted by Crippen LogP contribution is 2.37. The zero-order valence-electron chi connectivity index (χ0n) is 18.0. The van der Waals surface area contributed by atoms with Gasteiger partial charge in [0.15, 0.2) is 0 Å². The average Bonchev–Trinajstić information content (AvgIpc) is 2.72. The third kappa shape index (κ3) is 5.34. The number of benzene rings is 2. The first-order chi connectivity index (χ1) is 14.2. The van der Waals surface area contributed by atoms with Gasteiger partial charge >= 0.3 is 6.09 Å². The lowest BCUT2D eigenvalue weighted by Gasteiger charge is -2.36. The summed E-state index contributed by atoms with van der Waals surface area (Å²) in [6.45, 7) is 8.61. The van der Waals surface area contributed by atoms with E-state index in [2.05, 4.69) is 19.1 Å². The van der Waals surface area contributed by atoms with E-state index in [1.807, 2.05) is 51.1 Å². The number of hydrogen-bond acceptors (Lipinski definition) is 4. The number of halogens is 1. The molecule has 0 aliphatic carbocycles. The standard InChI is InChI=1S/C24H30ClNO4/c1-5-16-8-6-9-17(14-16)21-18(10-7-11-19(21)25)22(27)20-15-26(12-13-29-20)23(28)30-24(2,3)4/h6-11,14,20,22,27H,5,12-13,15H2,1-4H3/t20-,22+/m1/s1. The molecule has 3 rings (SSSR count). The number of carbonyl (C=O) groups is 1. The largest absolute Gasteiger partial charge is 0.444 e. The number of ether oxygens (including phenoxy) is 2. The maximum absolute atomic E-state index is 12.5. The Morgan fingerprint density at radius 1 is 1.30 bits per heavy atom. The zero-order chi connectivity index (χ0) is 21.9. The van der Waals surface area contributed by atoms with Crippen molar-refractivity contribution in [3.63, 3.8) is 0 Å². The summed E-state index contributed by atoms with van der Waals surface area (Å²) >= 11 is 6.56. The van der Waals surface area contributed by atoms with Gasteiger partial charge in [0.05, 0.1) is 13.2 Å². The second-order valence-electron chi connectivity index (χ2n) is 8.54. The summed E-state index contributed by atoms with van der Waals surface area (Å²) in [5.74, 6) is 0. The second kappa shape index (κ2) is 9.38. The number of hydrogen-bond donors (Lipinski definition) is 1. The third-order valence-electron chi connectivity index (χ3n) is 5.09. The van der Waals surface area contributed by atoms with E-state index < -0.39 is 23.9 Å². The van der Waals surface area contributed by atoms with Crippen LogP contribution in [-0.2, 0) is 15.9 Å². The first-order valence-electron chi connectivity index (χ1n) is 10.3. The summed E-state index contributed by atoms with van der Waals surface area (Å²) in [4.78, 5) is 14.1. The SMILES string of the molecule is CCc1cccc(-c2c(Cl)cccc2[C@H](O)[C@H]2CN(C(=O)OC(C)(C)C)CCO2)c1. The molecule has 2 aromatic rings. The number of aliphatic hydroxyl groups is 1. The lowest BCUT2D eigenvalue weighted by Crippen LogP contribution is -2.49. The molecule has 30 heavy (non-hydrogen) atoms. The highest BCUT2D eigenvalue weighted by atomic mass is 35.5. The summed E-state index contributed by atoms with van der Waals surface area (Å²) in [6.07, 6.45) is -0.996. The summed E-state index contributed by atoms with van der Waals surface area (Å²) in [6, 6.07) is 13.6. The second-order valence-corrected chi connectivity index (χ2v) is 8.95. The van der Waals surface area contributed by atoms with Gasteiger partial charge in [-0.2, -0.15) is 0 Å². The Morgan fingerprint density at radius 2 is 2.03 bits per heavy atom. The van der Waals surface area contributed by atoms with Crippen LogP contribution in [0.2, 0.25) is 5.02 Å². The maximum Gasteiger partial charge on any atom is 0.410 e. The van der Waals surface area contributed by atoms with E-state index in [1.165, 1.54) is 5.56 Å². The highest BCUT2D eigenvalue weighted by molar-refractivity contribution is 6.33. The molecule has 1 saturated heterocycles. The molecule has 0 unspecified atom stereocenters. The predicted molar refractivity (Wildman–Crippen MR) is 119 cm³/mol. The van der Waals surface area contributed by atoms with Gasteiger partial charge in [-0.3, -0.25) is 0 Å². The average molecular weight is 432 g/mol. The van der Waals surface area contributed by atoms with E-state index in [0.29, 0.717) is 23.7 Å². The minimum Gasteiger partial charge on any atom is -0.444 e. The van der Waals surface area contributed by atoms with Crippen molar-refractivity contribution in [2.45, 2.75) is 51.9 Å². The van der Waals surface area contributed by atoms with Crippen LogP contribution < -0.4 is 0 Å². The Bertz CT molecular complexity index is 893. The molecule has 0 bridgehead atoms. The van der Waals surface area contributed by atoms with Crippen molar-refractivity contribution in [2.75, 3.05) is 19.7 Å². The number of aryl methyl sites for hydroxylation is 1. The molecule has 5 nitrogen and oxygen atoms in total. The van der Waals surface area contributed by atoms with Gasteiger partial charge in [0.25, 0.3) is 0 Å². The maximum atomic E-state index is 12.5. The summed E-state index contributed by atoms with van der Waals surface area (Å²) in [5.41, 5.74) is 3.05. The van der Waals surface area contributed by atoms with E-state index in [-0.39, 0.29) is 6.54 Å². The van der Waals surface area contributed by atoms with Crippen molar-refractivity contribution in [1.29, 1.82) is 0 Å². The van der Waals surface area contributed by atoms with Gasteiger partial charge in [-0.15, -0.1) is 0 Å². The van der Waals surface area contributed by atoms with Gasteiger partial charge in [-0.1, -0.05) is 54.9 Å². The van der Waals surface area contributed by atoms with E-state index in [1.54, 1.807) is 4.90 Å². The lowest BCUT2D eigenvalue weighted by molar-refractivity contribution is -0.0906. The Morgan fingerprint density at radius 3 is 2.73 bits per heavy atom. The van der Waals surface area contributed by atoms with Gasteiger partial charge in [0.1, 0.15) is 17.8 Å². The van der Waals surface area contributed by atoms with Gasteiger partial charge < -0.3 is 19.5 Å². The molecule has 1 aliphatic heterocycles. The molecule has 2 atom stereocenters. The molecule has 0 aromatic heterocycles. The van der Waals surface area contributed by atoms with Crippen LogP contribution in [0.4, 0.5) is 4.79 Å². The summed E-state index contributed by atoms with van der Waals surface area (Å²) < 4.78 is 11.3. The molecule has 6 heteroatoms. The first-order valence-corrected chi connectivity index (χ1v) is 10.7. The molecule has 162 valence electrons. The Labute approximate surface area is 183 Å². The number of morpholine rings is 1. The van der Waals surface area contributed by atoms with E-state index in [0.717, 1.165) is 17.5 Å². The van der Waals surface area contributed by atoms with Gasteiger partial charge in [0.2, 0.25) is 0 Å². The van der Waals surface area contributed by atoms with Crippen molar-refractivity contribution in [2.24, 2.45) is 0 Å². The van der Waals surface area contributed by atoms with Crippen LogP contribution in [0.5, 0.6) is 0 Å². The van der Waals surface area contributed by atoms with Crippen LogP contribution in [0, 0.1) is 0 Å². The summed E-state index contributed by atoms with van der Waals surface area (Å²) in [5, 5.41) is 11.8. The number of aliphatic hydroxyl groups excluding tert-OH is 1. The smallest absolute Gasteiger partial charge is 0.410 e. The zero-order valence-corrected chi connectivity index (χ0v) is 18.8. The fourth-order valence-corrected chi connectivity index (χ4v) is 3.89. The molecule has 1 N–H and O–H groups in total. The fourth-order valence-electron chi connectivity index (χ4n) is 3.60. The number of rotatable bonds is 4. The minimum absolute atomic E-state index is 0.247. The van der Waals surface area contributed by atoms with Crippen LogP contribution in [-0.4, -0.2) is 47.5 Å². The molecule has 1 heterocycles. The van der Waals surface area contributed by atoms with Crippen LogP contribution >= 0.6 is 11.6 Å². The molecule has 1 amide bonds. The topological polar surface area (TPSA) is 59.0 Å². The molecule has 0 spiro atoms. The van der Waals surface area contributed by atoms with Crippen LogP contribution in [0.3, 0.4) is 0 Å². The molecule has 0 radical (unpaired) electrons. The van der Waals surface area contributed by atoms with E-state index >= 15 is 0 Å². The Kier molecular flexibility index (Phi) is 7.06. The van der Waals surface area contributed by atoms with Gasteiger partial charge in [0, 0.05) is 17.1 Å². The molecular weight excluding hydrogens is 402 g/mol. The van der Waals surface area contributed by atoms with Crippen molar-refractivity contribution in [3.8, 4) is 11.1 Å². The van der Waals surface area contributed by atoms with Gasteiger partial charge in [-0.05, 0) is 49.9 Å². The third-order valence-corrected chi connectivity index (χ3v) is 5.40. The number of nitrogens with zero attached hydrogens (tertiary/aromatic N) is 1. The van der Waals surface area contributed by atoms with Crippen molar-refractivity contribution in [1.82, 2.24) is 4.90 Å². The number of amides is 1. The molecule has 0 saturated carbocycles. The first kappa shape index (κ1) is 22.6. The van der Waals surface area contributed by atoms with Crippen LogP contribution in [0.1, 0.15) is 44.9 Å². The minimum atomic E-state index is -0.936. The Hall–Kier alpha value is -2.08. The van der Waals surface area contributed by atoms with E-state index in [4.69, 9.17) is 21.1 Å². The molecule has 2 aromatic carbocycles. The molecule has 1 fully saturated rings. The number of carbonyl (C=O) groups excluding carboxylic acids is 1. The van der Waals surface area contributed by atoms with Gasteiger partial charge in [-0.25, -0.2) is 4.79 Å². The van der Waals surface area contributed by atoms with Crippen molar-refractivity contribution < 1.29 is 19.4 Å². The predicted octanol–water partition coefficient (Wildman–Crippen LogP) is 5.24. The Balaban J connectivity index is 1.87. The monoisotopic (exact) mass is 431 g/mol.